The largest absolute Gasteiger partial charge is 0.373 e. The Morgan fingerprint density at radius 1 is 1.38 bits per heavy atom. The third kappa shape index (κ3) is 4.26. The second-order valence-corrected chi connectivity index (χ2v) is 8.96. The monoisotopic (exact) mass is 332 g/mol. The maximum absolute atomic E-state index is 12.7. The summed E-state index contributed by atoms with van der Waals surface area (Å²) in [5.74, 6) is 0. The molecular formula is C14H24N2O3S2. The van der Waals surface area contributed by atoms with Crippen molar-refractivity contribution in [3.8, 4) is 0 Å². The summed E-state index contributed by atoms with van der Waals surface area (Å²) in [5.41, 5.74) is 1.02. The lowest BCUT2D eigenvalue weighted by molar-refractivity contribution is -0.0440. The van der Waals surface area contributed by atoms with Crippen molar-refractivity contribution in [1.82, 2.24) is 9.62 Å². The lowest BCUT2D eigenvalue weighted by Crippen LogP contribution is -2.47. The number of sulfonamides is 1. The van der Waals surface area contributed by atoms with Crippen LogP contribution in [0.2, 0.25) is 0 Å². The number of morpholine rings is 1. The highest BCUT2D eigenvalue weighted by atomic mass is 32.2. The molecule has 2 rings (SSSR count). The molecule has 1 fully saturated rings. The molecule has 0 radical (unpaired) electrons. The second-order valence-electron chi connectivity index (χ2n) is 5.89. The van der Waals surface area contributed by atoms with Crippen LogP contribution < -0.4 is 5.32 Å². The zero-order valence-electron chi connectivity index (χ0n) is 13.0. The molecule has 1 N–H and O–H groups in total. The molecule has 1 aliphatic heterocycles. The molecule has 120 valence electrons. The highest BCUT2D eigenvalue weighted by molar-refractivity contribution is 7.91. The van der Waals surface area contributed by atoms with Gasteiger partial charge in [0.1, 0.15) is 4.21 Å². The van der Waals surface area contributed by atoms with E-state index in [9.17, 15) is 8.42 Å². The standard InChI is InChI=1S/C14H24N2O3S2/c1-10(2)15-6-13-5-14(20-9-13)21(17,18)16-7-11(3)19-12(4)8-16/h5,9-12,15H,6-8H2,1-4H3. The molecule has 21 heavy (non-hydrogen) atoms. The first kappa shape index (κ1) is 16.9. The molecule has 1 aromatic rings. The Kier molecular flexibility index (Phi) is 5.43. The Labute approximate surface area is 131 Å². The fourth-order valence-electron chi connectivity index (χ4n) is 2.36. The van der Waals surface area contributed by atoms with Gasteiger partial charge in [0.15, 0.2) is 0 Å². The quantitative estimate of drug-likeness (QED) is 0.896. The molecule has 1 aliphatic rings. The Morgan fingerprint density at radius 2 is 2.00 bits per heavy atom. The predicted octanol–water partition coefficient (Wildman–Crippen LogP) is 2.04. The summed E-state index contributed by atoms with van der Waals surface area (Å²) >= 11 is 1.29. The summed E-state index contributed by atoms with van der Waals surface area (Å²) in [6.07, 6.45) is -0.129. The van der Waals surface area contributed by atoms with Gasteiger partial charge in [0.25, 0.3) is 10.0 Å². The number of hydrogen-bond donors (Lipinski definition) is 1. The van der Waals surface area contributed by atoms with Crippen LogP contribution in [0.4, 0.5) is 0 Å². The first-order chi connectivity index (χ1) is 9.79. The molecule has 1 saturated heterocycles. The summed E-state index contributed by atoms with van der Waals surface area (Å²) in [6, 6.07) is 2.16. The van der Waals surface area contributed by atoms with Crippen LogP contribution in [-0.2, 0) is 21.3 Å². The topological polar surface area (TPSA) is 58.6 Å². The van der Waals surface area contributed by atoms with Crippen molar-refractivity contribution < 1.29 is 13.2 Å². The van der Waals surface area contributed by atoms with Gasteiger partial charge >= 0.3 is 0 Å². The van der Waals surface area contributed by atoms with Gasteiger partial charge in [-0.15, -0.1) is 11.3 Å². The summed E-state index contributed by atoms with van der Waals surface area (Å²) in [6.45, 7) is 9.49. The first-order valence-electron chi connectivity index (χ1n) is 7.25. The van der Waals surface area contributed by atoms with Gasteiger partial charge in [-0.1, -0.05) is 13.8 Å². The maximum Gasteiger partial charge on any atom is 0.252 e. The molecule has 0 spiro atoms. The average molecular weight is 332 g/mol. The van der Waals surface area contributed by atoms with Crippen LogP contribution in [0.5, 0.6) is 0 Å². The van der Waals surface area contributed by atoms with E-state index in [1.54, 1.807) is 6.07 Å². The van der Waals surface area contributed by atoms with Crippen LogP contribution in [0.15, 0.2) is 15.7 Å². The van der Waals surface area contributed by atoms with Gasteiger partial charge in [-0.25, -0.2) is 8.42 Å². The van der Waals surface area contributed by atoms with E-state index in [-0.39, 0.29) is 12.2 Å². The minimum atomic E-state index is -3.40. The zero-order chi connectivity index (χ0) is 15.6. The molecule has 0 aromatic carbocycles. The van der Waals surface area contributed by atoms with Crippen LogP contribution in [0, 0.1) is 0 Å². The Hall–Kier alpha value is -0.470. The average Bonchev–Trinajstić information content (AvgIpc) is 2.84. The van der Waals surface area contributed by atoms with E-state index in [2.05, 4.69) is 19.2 Å². The van der Waals surface area contributed by atoms with Crippen molar-refractivity contribution in [3.05, 3.63) is 17.0 Å². The van der Waals surface area contributed by atoms with Crippen molar-refractivity contribution in [2.75, 3.05) is 13.1 Å². The third-order valence-electron chi connectivity index (χ3n) is 3.32. The van der Waals surface area contributed by atoms with E-state index in [0.29, 0.717) is 29.9 Å². The van der Waals surface area contributed by atoms with Crippen LogP contribution in [0.1, 0.15) is 33.3 Å². The van der Waals surface area contributed by atoms with Gasteiger partial charge in [0, 0.05) is 25.7 Å². The predicted molar refractivity (Wildman–Crippen MR) is 85.1 cm³/mol. The van der Waals surface area contributed by atoms with Gasteiger partial charge in [-0.05, 0) is 30.9 Å². The highest BCUT2D eigenvalue weighted by Gasteiger charge is 2.33. The molecular weight excluding hydrogens is 308 g/mol. The zero-order valence-corrected chi connectivity index (χ0v) is 14.6. The van der Waals surface area contributed by atoms with Crippen LogP contribution >= 0.6 is 11.3 Å². The van der Waals surface area contributed by atoms with Gasteiger partial charge in [0.2, 0.25) is 0 Å². The summed E-state index contributed by atoms with van der Waals surface area (Å²) < 4.78 is 32.9. The molecule has 0 amide bonds. The Balaban J connectivity index is 2.12. The normalized spacial score (nSPS) is 24.6. The minimum absolute atomic E-state index is 0.0643. The van der Waals surface area contributed by atoms with Gasteiger partial charge < -0.3 is 10.1 Å². The first-order valence-corrected chi connectivity index (χ1v) is 9.57. The fourth-order valence-corrected chi connectivity index (χ4v) is 5.31. The molecule has 0 bridgehead atoms. The van der Waals surface area contributed by atoms with Crippen LogP contribution in [0.25, 0.3) is 0 Å². The summed E-state index contributed by atoms with van der Waals surface area (Å²) in [4.78, 5) is 0. The van der Waals surface area contributed by atoms with E-state index < -0.39 is 10.0 Å². The van der Waals surface area contributed by atoms with Crippen molar-refractivity contribution in [3.63, 3.8) is 0 Å². The molecule has 0 saturated carbocycles. The second kappa shape index (κ2) is 6.75. The summed E-state index contributed by atoms with van der Waals surface area (Å²) in [7, 11) is -3.40. The van der Waals surface area contributed by atoms with E-state index in [1.165, 1.54) is 15.6 Å². The Morgan fingerprint density at radius 3 is 2.57 bits per heavy atom. The number of rotatable bonds is 5. The van der Waals surface area contributed by atoms with Crippen molar-refractivity contribution in [1.29, 1.82) is 0 Å². The van der Waals surface area contributed by atoms with E-state index in [0.717, 1.165) is 5.56 Å². The van der Waals surface area contributed by atoms with Gasteiger partial charge in [-0.3, -0.25) is 0 Å². The minimum Gasteiger partial charge on any atom is -0.373 e. The lowest BCUT2D eigenvalue weighted by Gasteiger charge is -2.34. The number of hydrogen-bond acceptors (Lipinski definition) is 5. The lowest BCUT2D eigenvalue weighted by atomic mass is 10.3. The Bertz CT molecular complexity index is 559. The molecule has 2 atom stereocenters. The number of nitrogens with one attached hydrogen (secondary N) is 1. The van der Waals surface area contributed by atoms with Crippen molar-refractivity contribution >= 4 is 21.4 Å². The van der Waals surface area contributed by atoms with Crippen LogP contribution in [-0.4, -0.2) is 44.1 Å². The van der Waals surface area contributed by atoms with E-state index >= 15 is 0 Å². The fraction of sp³-hybridized carbons (Fsp3) is 0.714. The highest BCUT2D eigenvalue weighted by Crippen LogP contribution is 2.26. The van der Waals surface area contributed by atoms with Crippen molar-refractivity contribution in [2.45, 2.75) is 56.7 Å². The van der Waals surface area contributed by atoms with Gasteiger partial charge in [-0.2, -0.15) is 4.31 Å². The summed E-state index contributed by atoms with van der Waals surface area (Å²) in [5, 5.41) is 5.21. The smallest absolute Gasteiger partial charge is 0.252 e. The van der Waals surface area contributed by atoms with E-state index in [1.807, 2.05) is 19.2 Å². The molecule has 1 aromatic heterocycles. The number of nitrogens with zero attached hydrogens (tertiary/aromatic N) is 1. The van der Waals surface area contributed by atoms with Crippen LogP contribution in [0.3, 0.4) is 0 Å². The molecule has 0 aliphatic carbocycles. The molecule has 2 heterocycles. The van der Waals surface area contributed by atoms with Gasteiger partial charge in [0.05, 0.1) is 12.2 Å². The molecule has 2 unspecified atom stereocenters. The SMILES string of the molecule is CC(C)NCc1csc(S(=O)(=O)N2CC(C)OC(C)C2)c1. The van der Waals surface area contributed by atoms with Crippen molar-refractivity contribution in [2.24, 2.45) is 0 Å². The number of ether oxygens (including phenoxy) is 1. The molecule has 7 heteroatoms. The maximum atomic E-state index is 12.7. The molecule has 5 nitrogen and oxygen atoms in total. The van der Waals surface area contributed by atoms with E-state index in [4.69, 9.17) is 4.74 Å². The number of thiophene rings is 1. The third-order valence-corrected chi connectivity index (χ3v) is 6.62.